The predicted octanol–water partition coefficient (Wildman–Crippen LogP) is 3.36. The molecule has 1 aromatic carbocycles. The monoisotopic (exact) mass is 320 g/mol. The van der Waals surface area contributed by atoms with Crippen LogP contribution in [0, 0.1) is 6.92 Å². The number of fused-ring (bicyclic) bond motifs is 1. The Labute approximate surface area is 140 Å². The first-order valence-electron chi connectivity index (χ1n) is 8.42. The second kappa shape index (κ2) is 6.07. The summed E-state index contributed by atoms with van der Waals surface area (Å²) in [5.74, 6) is 0.119. The lowest BCUT2D eigenvalue weighted by Gasteiger charge is -2.27. The molecule has 1 aliphatic heterocycles. The lowest BCUT2D eigenvalue weighted by Crippen LogP contribution is -2.35. The van der Waals surface area contributed by atoms with Crippen LogP contribution >= 0.6 is 0 Å². The standard InChI is InChI=1S/C19H20N4O/c1-14-7-8-15(19(24)22-10-3-2-4-11-22)12-17(14)23-13-21-16-6-5-9-20-18(16)23/h5-9,12-13H,2-4,10-11H2,1H3. The number of hydrogen-bond acceptors (Lipinski definition) is 3. The van der Waals surface area contributed by atoms with Crippen molar-refractivity contribution in [1.82, 2.24) is 19.4 Å². The van der Waals surface area contributed by atoms with E-state index >= 15 is 0 Å². The number of benzene rings is 1. The number of carbonyl (C=O) groups is 1. The highest BCUT2D eigenvalue weighted by Gasteiger charge is 2.19. The van der Waals surface area contributed by atoms with Crippen molar-refractivity contribution >= 4 is 17.1 Å². The quantitative estimate of drug-likeness (QED) is 0.727. The molecular weight excluding hydrogens is 300 g/mol. The van der Waals surface area contributed by atoms with Gasteiger partial charge in [0.25, 0.3) is 5.91 Å². The number of likely N-dealkylation sites (tertiary alicyclic amines) is 1. The molecular formula is C19H20N4O. The third-order valence-corrected chi connectivity index (χ3v) is 4.67. The molecule has 0 radical (unpaired) electrons. The van der Waals surface area contributed by atoms with E-state index in [9.17, 15) is 4.79 Å². The topological polar surface area (TPSA) is 51.0 Å². The summed E-state index contributed by atoms with van der Waals surface area (Å²) in [7, 11) is 0. The first-order chi connectivity index (χ1) is 11.7. The molecule has 4 rings (SSSR count). The van der Waals surface area contributed by atoms with E-state index in [0.717, 1.165) is 53.9 Å². The number of aromatic nitrogens is 3. The van der Waals surface area contributed by atoms with E-state index < -0.39 is 0 Å². The second-order valence-corrected chi connectivity index (χ2v) is 6.31. The van der Waals surface area contributed by atoms with Gasteiger partial charge < -0.3 is 4.90 Å². The molecule has 122 valence electrons. The van der Waals surface area contributed by atoms with Gasteiger partial charge >= 0.3 is 0 Å². The summed E-state index contributed by atoms with van der Waals surface area (Å²) in [6, 6.07) is 9.70. The minimum atomic E-state index is 0.119. The van der Waals surface area contributed by atoms with Crippen molar-refractivity contribution in [2.75, 3.05) is 13.1 Å². The maximum atomic E-state index is 12.8. The zero-order valence-corrected chi connectivity index (χ0v) is 13.8. The Bertz CT molecular complexity index is 893. The van der Waals surface area contributed by atoms with Gasteiger partial charge in [0.1, 0.15) is 11.8 Å². The van der Waals surface area contributed by atoms with Gasteiger partial charge in [0.05, 0.1) is 5.69 Å². The van der Waals surface area contributed by atoms with Crippen molar-refractivity contribution in [2.45, 2.75) is 26.2 Å². The number of amides is 1. The number of piperidine rings is 1. The maximum Gasteiger partial charge on any atom is 0.253 e. The minimum Gasteiger partial charge on any atom is -0.339 e. The summed E-state index contributed by atoms with van der Waals surface area (Å²) in [6.45, 7) is 3.76. The lowest BCUT2D eigenvalue weighted by molar-refractivity contribution is 0.0724. The Morgan fingerprint density at radius 3 is 2.75 bits per heavy atom. The molecule has 0 aliphatic carbocycles. The normalized spacial score (nSPS) is 15.0. The molecule has 1 aliphatic rings. The van der Waals surface area contributed by atoms with Crippen molar-refractivity contribution < 1.29 is 4.79 Å². The third-order valence-electron chi connectivity index (χ3n) is 4.67. The van der Waals surface area contributed by atoms with E-state index in [0.29, 0.717) is 0 Å². The lowest BCUT2D eigenvalue weighted by atomic mass is 10.1. The molecule has 5 nitrogen and oxygen atoms in total. The van der Waals surface area contributed by atoms with Crippen molar-refractivity contribution in [3.63, 3.8) is 0 Å². The average Bonchev–Trinajstić information content (AvgIpc) is 3.06. The van der Waals surface area contributed by atoms with Crippen LogP contribution < -0.4 is 0 Å². The molecule has 0 atom stereocenters. The minimum absolute atomic E-state index is 0.119. The Hall–Kier alpha value is -2.69. The average molecular weight is 320 g/mol. The molecule has 0 unspecified atom stereocenters. The highest BCUT2D eigenvalue weighted by molar-refractivity contribution is 5.95. The van der Waals surface area contributed by atoms with Crippen molar-refractivity contribution in [3.05, 3.63) is 54.0 Å². The number of carbonyl (C=O) groups excluding carboxylic acids is 1. The highest BCUT2D eigenvalue weighted by atomic mass is 16.2. The fourth-order valence-electron chi connectivity index (χ4n) is 3.31. The van der Waals surface area contributed by atoms with Gasteiger partial charge in [-0.05, 0) is 56.0 Å². The predicted molar refractivity (Wildman–Crippen MR) is 93.4 cm³/mol. The summed E-state index contributed by atoms with van der Waals surface area (Å²) >= 11 is 0. The van der Waals surface area contributed by atoms with Crippen molar-refractivity contribution in [2.24, 2.45) is 0 Å². The van der Waals surface area contributed by atoms with Crippen LogP contribution in [0.4, 0.5) is 0 Å². The van der Waals surface area contributed by atoms with Crippen LogP contribution in [0.1, 0.15) is 35.2 Å². The molecule has 1 fully saturated rings. The molecule has 1 saturated heterocycles. The van der Waals surface area contributed by atoms with Crippen LogP contribution in [0.2, 0.25) is 0 Å². The molecule has 1 amide bonds. The highest BCUT2D eigenvalue weighted by Crippen LogP contribution is 2.22. The van der Waals surface area contributed by atoms with E-state index in [1.54, 1.807) is 12.5 Å². The molecule has 0 bridgehead atoms. The SMILES string of the molecule is Cc1ccc(C(=O)N2CCCCC2)cc1-n1cnc2cccnc21. The van der Waals surface area contributed by atoms with Crippen molar-refractivity contribution in [1.29, 1.82) is 0 Å². The van der Waals surface area contributed by atoms with E-state index in [-0.39, 0.29) is 5.91 Å². The van der Waals surface area contributed by atoms with E-state index in [1.165, 1.54) is 6.42 Å². The second-order valence-electron chi connectivity index (χ2n) is 6.31. The molecule has 0 spiro atoms. The van der Waals surface area contributed by atoms with Gasteiger partial charge in [-0.25, -0.2) is 9.97 Å². The van der Waals surface area contributed by atoms with Gasteiger partial charge in [-0.1, -0.05) is 6.07 Å². The fourth-order valence-corrected chi connectivity index (χ4v) is 3.31. The molecule has 24 heavy (non-hydrogen) atoms. The number of rotatable bonds is 2. The molecule has 3 heterocycles. The van der Waals surface area contributed by atoms with Gasteiger partial charge in [-0.2, -0.15) is 0 Å². The van der Waals surface area contributed by atoms with E-state index in [1.807, 2.05) is 46.7 Å². The van der Waals surface area contributed by atoms with Crippen molar-refractivity contribution in [3.8, 4) is 5.69 Å². The number of aryl methyl sites for hydroxylation is 1. The Morgan fingerprint density at radius 1 is 1.08 bits per heavy atom. The molecule has 0 N–H and O–H groups in total. The smallest absolute Gasteiger partial charge is 0.253 e. The maximum absolute atomic E-state index is 12.8. The summed E-state index contributed by atoms with van der Waals surface area (Å²) in [4.78, 5) is 23.6. The van der Waals surface area contributed by atoms with Crippen LogP contribution in [0.15, 0.2) is 42.9 Å². The van der Waals surface area contributed by atoms with Gasteiger partial charge in [0.2, 0.25) is 0 Å². The van der Waals surface area contributed by atoms with Crippen LogP contribution in [-0.2, 0) is 0 Å². The van der Waals surface area contributed by atoms with Gasteiger partial charge in [0.15, 0.2) is 5.65 Å². The number of pyridine rings is 1. The van der Waals surface area contributed by atoms with Crippen LogP contribution in [-0.4, -0.2) is 38.4 Å². The Kier molecular flexibility index (Phi) is 3.76. The Morgan fingerprint density at radius 2 is 1.92 bits per heavy atom. The first kappa shape index (κ1) is 14.9. The third kappa shape index (κ3) is 2.56. The molecule has 0 saturated carbocycles. The van der Waals surface area contributed by atoms with E-state index in [2.05, 4.69) is 9.97 Å². The zero-order chi connectivity index (χ0) is 16.5. The first-order valence-corrected chi connectivity index (χ1v) is 8.42. The number of imidazole rings is 1. The van der Waals surface area contributed by atoms with Gasteiger partial charge in [-0.3, -0.25) is 9.36 Å². The number of nitrogens with zero attached hydrogens (tertiary/aromatic N) is 4. The molecule has 3 aromatic rings. The zero-order valence-electron chi connectivity index (χ0n) is 13.8. The molecule has 2 aromatic heterocycles. The van der Waals surface area contributed by atoms with E-state index in [4.69, 9.17) is 0 Å². The van der Waals surface area contributed by atoms with Crippen LogP contribution in [0.5, 0.6) is 0 Å². The van der Waals surface area contributed by atoms with Crippen LogP contribution in [0.25, 0.3) is 16.9 Å². The van der Waals surface area contributed by atoms with Gasteiger partial charge in [-0.15, -0.1) is 0 Å². The summed E-state index contributed by atoms with van der Waals surface area (Å²) in [5.41, 5.74) is 4.44. The fraction of sp³-hybridized carbons (Fsp3) is 0.316. The largest absolute Gasteiger partial charge is 0.339 e. The number of hydrogen-bond donors (Lipinski definition) is 0. The summed E-state index contributed by atoms with van der Waals surface area (Å²) < 4.78 is 1.96. The summed E-state index contributed by atoms with van der Waals surface area (Å²) in [5, 5.41) is 0. The molecule has 5 heteroatoms. The Balaban J connectivity index is 1.75. The summed E-state index contributed by atoms with van der Waals surface area (Å²) in [6.07, 6.45) is 6.95. The van der Waals surface area contributed by atoms with Crippen LogP contribution in [0.3, 0.4) is 0 Å². The van der Waals surface area contributed by atoms with Gasteiger partial charge in [0, 0.05) is 24.8 Å².